The Hall–Kier alpha value is -2.45. The summed E-state index contributed by atoms with van der Waals surface area (Å²) in [7, 11) is 0. The zero-order valence-electron chi connectivity index (χ0n) is 15.1. The number of nitriles is 1. The topological polar surface area (TPSA) is 54.5 Å². The summed E-state index contributed by atoms with van der Waals surface area (Å²) >= 11 is 1.55. The molecular weight excluding hydrogens is 340 g/mol. The normalized spacial score (nSPS) is 14.3. The molecule has 4 rings (SSSR count). The highest BCUT2D eigenvalue weighted by atomic mass is 32.1. The van der Waals surface area contributed by atoms with Gasteiger partial charge >= 0.3 is 0 Å². The molecule has 132 valence electrons. The second-order valence-electron chi connectivity index (χ2n) is 7.44. The summed E-state index contributed by atoms with van der Waals surface area (Å²) in [6, 6.07) is 16.8. The van der Waals surface area contributed by atoms with Gasteiger partial charge in [-0.25, -0.2) is 0 Å². The fraction of sp³-hybridized carbons (Fsp3) is 0.381. The number of benzene rings is 1. The van der Waals surface area contributed by atoms with Crippen molar-refractivity contribution in [2.75, 3.05) is 0 Å². The van der Waals surface area contributed by atoms with Crippen molar-refractivity contribution in [2.24, 2.45) is 0 Å². The molecule has 2 aromatic heterocycles. The van der Waals surface area contributed by atoms with Gasteiger partial charge in [0.1, 0.15) is 22.6 Å². The summed E-state index contributed by atoms with van der Waals surface area (Å²) in [5.41, 5.74) is 1.06. The SMILES string of the molecule is CC(C)(c1ccc(C#N)s1)c1nnc(C2CC2)n1CCc1ccccc1. The lowest BCUT2D eigenvalue weighted by atomic mass is 9.90. The van der Waals surface area contributed by atoms with Crippen LogP contribution in [0.1, 0.15) is 59.6 Å². The van der Waals surface area contributed by atoms with E-state index in [1.807, 2.05) is 6.07 Å². The van der Waals surface area contributed by atoms with Gasteiger partial charge in [0.15, 0.2) is 0 Å². The van der Waals surface area contributed by atoms with Gasteiger partial charge in [-0.1, -0.05) is 30.3 Å². The molecule has 5 heteroatoms. The largest absolute Gasteiger partial charge is 0.314 e. The van der Waals surface area contributed by atoms with Crippen LogP contribution in [0.25, 0.3) is 0 Å². The van der Waals surface area contributed by atoms with Crippen LogP contribution in [-0.4, -0.2) is 14.8 Å². The van der Waals surface area contributed by atoms with E-state index in [1.54, 1.807) is 11.3 Å². The van der Waals surface area contributed by atoms with Crippen LogP contribution in [0.5, 0.6) is 0 Å². The van der Waals surface area contributed by atoms with Crippen molar-refractivity contribution in [1.29, 1.82) is 5.26 Å². The second kappa shape index (κ2) is 6.69. The number of hydrogen-bond donors (Lipinski definition) is 0. The van der Waals surface area contributed by atoms with Crippen LogP contribution < -0.4 is 0 Å². The molecule has 0 spiro atoms. The smallest absolute Gasteiger partial charge is 0.143 e. The maximum atomic E-state index is 9.16. The Morgan fingerprint density at radius 2 is 1.92 bits per heavy atom. The molecule has 0 N–H and O–H groups in total. The van der Waals surface area contributed by atoms with Gasteiger partial charge in [0, 0.05) is 17.3 Å². The Morgan fingerprint density at radius 1 is 1.15 bits per heavy atom. The fourth-order valence-corrected chi connectivity index (χ4v) is 4.27. The number of aryl methyl sites for hydroxylation is 1. The number of nitrogens with zero attached hydrogens (tertiary/aromatic N) is 4. The first-order valence-corrected chi connectivity index (χ1v) is 9.89. The molecule has 4 nitrogen and oxygen atoms in total. The van der Waals surface area contributed by atoms with Gasteiger partial charge in [0.2, 0.25) is 0 Å². The molecule has 1 fully saturated rings. The van der Waals surface area contributed by atoms with Crippen molar-refractivity contribution >= 4 is 11.3 Å². The van der Waals surface area contributed by atoms with Crippen LogP contribution in [0, 0.1) is 11.3 Å². The van der Waals surface area contributed by atoms with Crippen LogP contribution in [0.2, 0.25) is 0 Å². The van der Waals surface area contributed by atoms with Gasteiger partial charge in [-0.3, -0.25) is 0 Å². The highest BCUT2D eigenvalue weighted by Gasteiger charge is 2.36. The Labute approximate surface area is 158 Å². The van der Waals surface area contributed by atoms with Gasteiger partial charge in [-0.15, -0.1) is 21.5 Å². The molecule has 26 heavy (non-hydrogen) atoms. The lowest BCUT2D eigenvalue weighted by Crippen LogP contribution is -2.24. The molecule has 2 heterocycles. The van der Waals surface area contributed by atoms with Crippen molar-refractivity contribution in [3.63, 3.8) is 0 Å². The van der Waals surface area contributed by atoms with Crippen LogP contribution in [0.15, 0.2) is 42.5 Å². The summed E-state index contributed by atoms with van der Waals surface area (Å²) in [6.45, 7) is 5.25. The van der Waals surface area contributed by atoms with Gasteiger partial charge in [-0.2, -0.15) is 5.26 Å². The molecule has 0 bridgehead atoms. The Morgan fingerprint density at radius 3 is 2.58 bits per heavy atom. The molecule has 1 saturated carbocycles. The third-order valence-electron chi connectivity index (χ3n) is 5.08. The fourth-order valence-electron chi connectivity index (χ4n) is 3.37. The van der Waals surface area contributed by atoms with Crippen LogP contribution in [0.4, 0.5) is 0 Å². The van der Waals surface area contributed by atoms with Crippen LogP contribution in [0.3, 0.4) is 0 Å². The molecule has 0 aliphatic heterocycles. The maximum Gasteiger partial charge on any atom is 0.143 e. The zero-order valence-corrected chi connectivity index (χ0v) is 16.0. The second-order valence-corrected chi connectivity index (χ2v) is 8.53. The molecule has 0 unspecified atom stereocenters. The molecule has 1 aromatic carbocycles. The molecule has 1 aliphatic carbocycles. The summed E-state index contributed by atoms with van der Waals surface area (Å²) < 4.78 is 2.33. The predicted molar refractivity (Wildman–Crippen MR) is 103 cm³/mol. The summed E-state index contributed by atoms with van der Waals surface area (Å²) in [4.78, 5) is 1.90. The molecule has 0 saturated heterocycles. The average Bonchev–Trinajstić information content (AvgIpc) is 3.21. The first-order chi connectivity index (χ1) is 12.6. The Balaban J connectivity index is 1.68. The number of rotatable bonds is 6. The summed E-state index contributed by atoms with van der Waals surface area (Å²) in [5.74, 6) is 2.68. The van der Waals surface area contributed by atoms with E-state index in [9.17, 15) is 0 Å². The van der Waals surface area contributed by atoms with E-state index in [-0.39, 0.29) is 5.41 Å². The molecule has 3 aromatic rings. The number of thiophene rings is 1. The first-order valence-electron chi connectivity index (χ1n) is 9.07. The van der Waals surface area contributed by atoms with E-state index in [1.165, 1.54) is 18.4 Å². The van der Waals surface area contributed by atoms with E-state index in [0.717, 1.165) is 34.4 Å². The third kappa shape index (κ3) is 3.17. The molecule has 0 radical (unpaired) electrons. The lowest BCUT2D eigenvalue weighted by Gasteiger charge is -2.24. The highest BCUT2D eigenvalue weighted by Crippen LogP contribution is 2.42. The molecule has 1 aliphatic rings. The van der Waals surface area contributed by atoms with Crippen molar-refractivity contribution < 1.29 is 0 Å². The van der Waals surface area contributed by atoms with E-state index >= 15 is 0 Å². The van der Waals surface area contributed by atoms with Crippen LogP contribution in [-0.2, 0) is 18.4 Å². The average molecular weight is 363 g/mol. The minimum atomic E-state index is -0.267. The predicted octanol–water partition coefficient (Wildman–Crippen LogP) is 4.66. The van der Waals surface area contributed by atoms with Crippen molar-refractivity contribution in [3.05, 3.63) is 69.4 Å². The summed E-state index contributed by atoms with van der Waals surface area (Å²) in [6.07, 6.45) is 3.39. The molecule has 0 atom stereocenters. The van der Waals surface area contributed by atoms with E-state index in [2.05, 4.69) is 71.1 Å². The lowest BCUT2D eigenvalue weighted by molar-refractivity contribution is 0.526. The van der Waals surface area contributed by atoms with Crippen molar-refractivity contribution in [1.82, 2.24) is 14.8 Å². The van der Waals surface area contributed by atoms with E-state index < -0.39 is 0 Å². The van der Waals surface area contributed by atoms with E-state index in [4.69, 9.17) is 5.26 Å². The number of aromatic nitrogens is 3. The Kier molecular flexibility index (Phi) is 4.37. The van der Waals surface area contributed by atoms with Crippen molar-refractivity contribution in [2.45, 2.75) is 51.0 Å². The van der Waals surface area contributed by atoms with E-state index in [0.29, 0.717) is 5.92 Å². The number of hydrogen-bond acceptors (Lipinski definition) is 4. The third-order valence-corrected chi connectivity index (χ3v) is 6.39. The van der Waals surface area contributed by atoms with Gasteiger partial charge in [0.05, 0.1) is 5.41 Å². The minimum absolute atomic E-state index is 0.267. The zero-order chi connectivity index (χ0) is 18.1. The monoisotopic (exact) mass is 362 g/mol. The first kappa shape index (κ1) is 17.0. The standard InChI is InChI=1S/C21H22N4S/c1-21(2,18-11-10-17(14-22)26-18)20-24-23-19(16-8-9-16)25(20)13-12-15-6-4-3-5-7-15/h3-7,10-11,16H,8-9,12-13H2,1-2H3. The minimum Gasteiger partial charge on any atom is -0.314 e. The Bertz CT molecular complexity index is 942. The maximum absolute atomic E-state index is 9.16. The van der Waals surface area contributed by atoms with Gasteiger partial charge in [0.25, 0.3) is 0 Å². The van der Waals surface area contributed by atoms with Crippen LogP contribution >= 0.6 is 11.3 Å². The molecular formula is C21H22N4S. The van der Waals surface area contributed by atoms with Gasteiger partial charge in [-0.05, 0) is 50.8 Å². The highest BCUT2D eigenvalue weighted by molar-refractivity contribution is 7.12. The quantitative estimate of drug-likeness (QED) is 0.641. The van der Waals surface area contributed by atoms with Gasteiger partial charge < -0.3 is 4.57 Å². The molecule has 0 amide bonds. The van der Waals surface area contributed by atoms with Crippen molar-refractivity contribution in [3.8, 4) is 6.07 Å². The summed E-state index contributed by atoms with van der Waals surface area (Å²) in [5, 5.41) is 18.3.